The van der Waals surface area contributed by atoms with Crippen molar-refractivity contribution in [2.75, 3.05) is 18.9 Å². The molecule has 1 heterocycles. The first kappa shape index (κ1) is 10.9. The lowest BCUT2D eigenvalue weighted by atomic mass is 10.1. The zero-order chi connectivity index (χ0) is 6.69. The van der Waals surface area contributed by atoms with E-state index in [9.17, 15) is 0 Å². The molecule has 0 saturated carbocycles. The monoisotopic (exact) mass is 271 g/mol. The van der Waals surface area contributed by atoms with E-state index in [0.717, 1.165) is 11.4 Å². The number of hydrogen-bond donors (Lipinski definition) is 0. The molecule has 1 rings (SSSR count). The molecule has 0 aliphatic carbocycles. The van der Waals surface area contributed by atoms with Crippen molar-refractivity contribution < 1.29 is 0 Å². The van der Waals surface area contributed by atoms with Crippen molar-refractivity contribution in [3.05, 3.63) is 0 Å². The van der Waals surface area contributed by atoms with Crippen LogP contribution in [0, 0.1) is 0 Å². The Labute approximate surface area is 82.1 Å². The molecule has 0 aromatic heterocycles. The Bertz CT molecular complexity index is 87.7. The van der Waals surface area contributed by atoms with Crippen LogP contribution < -0.4 is 0 Å². The van der Waals surface area contributed by atoms with Crippen LogP contribution in [0.2, 0.25) is 0 Å². The Kier molecular flexibility index (Phi) is 6.07. The molecule has 1 atom stereocenters. The fourth-order valence-corrected chi connectivity index (χ4v) is 2.16. The van der Waals surface area contributed by atoms with E-state index < -0.39 is 0 Å². The highest BCUT2D eigenvalue weighted by Crippen LogP contribution is 2.15. The average Bonchev–Trinajstić information content (AvgIpc) is 1.89. The van der Waals surface area contributed by atoms with Crippen LogP contribution in [0.4, 0.5) is 0 Å². The van der Waals surface area contributed by atoms with Gasteiger partial charge in [-0.2, -0.15) is 0 Å². The summed E-state index contributed by atoms with van der Waals surface area (Å²) in [5, 5.41) is 1.14. The highest BCUT2D eigenvalue weighted by Gasteiger charge is 2.16. The standard InChI is InChI=1S/C7H14BrN.BrH/c1-9-5-3-2-4-7(9)6-8;/h7H,2-6H2,1H3;1H. The molecule has 62 valence electrons. The zero-order valence-electron chi connectivity index (χ0n) is 6.35. The lowest BCUT2D eigenvalue weighted by Crippen LogP contribution is -2.37. The topological polar surface area (TPSA) is 3.24 Å². The molecular weight excluding hydrogens is 258 g/mol. The minimum absolute atomic E-state index is 0. The van der Waals surface area contributed by atoms with E-state index in [-0.39, 0.29) is 17.0 Å². The summed E-state index contributed by atoms with van der Waals surface area (Å²) in [5.41, 5.74) is 0. The molecule has 1 aliphatic heterocycles. The molecule has 1 unspecified atom stereocenters. The highest BCUT2D eigenvalue weighted by molar-refractivity contribution is 9.09. The summed E-state index contributed by atoms with van der Waals surface area (Å²) in [7, 11) is 2.21. The van der Waals surface area contributed by atoms with Gasteiger partial charge in [-0.05, 0) is 26.4 Å². The Balaban J connectivity index is 0.000000810. The summed E-state index contributed by atoms with van der Waals surface area (Å²) >= 11 is 3.51. The molecule has 1 fully saturated rings. The first-order valence-electron chi connectivity index (χ1n) is 3.61. The van der Waals surface area contributed by atoms with Crippen LogP contribution >= 0.6 is 32.9 Å². The van der Waals surface area contributed by atoms with E-state index in [1.165, 1.54) is 25.8 Å². The molecule has 0 N–H and O–H groups in total. The fourth-order valence-electron chi connectivity index (χ4n) is 1.34. The predicted molar refractivity (Wildman–Crippen MR) is 54.4 cm³/mol. The summed E-state index contributed by atoms with van der Waals surface area (Å²) in [6, 6.07) is 0.804. The molecule has 10 heavy (non-hydrogen) atoms. The van der Waals surface area contributed by atoms with Gasteiger partial charge in [-0.25, -0.2) is 0 Å². The van der Waals surface area contributed by atoms with E-state index in [2.05, 4.69) is 27.9 Å². The van der Waals surface area contributed by atoms with E-state index in [1.807, 2.05) is 0 Å². The number of rotatable bonds is 1. The Hall–Kier alpha value is 0.920. The van der Waals surface area contributed by atoms with Crippen molar-refractivity contribution in [3.8, 4) is 0 Å². The summed E-state index contributed by atoms with van der Waals surface area (Å²) < 4.78 is 0. The van der Waals surface area contributed by atoms with E-state index >= 15 is 0 Å². The van der Waals surface area contributed by atoms with Crippen molar-refractivity contribution in [2.45, 2.75) is 25.3 Å². The number of alkyl halides is 1. The van der Waals surface area contributed by atoms with Crippen molar-refractivity contribution in [1.29, 1.82) is 0 Å². The largest absolute Gasteiger partial charge is 0.303 e. The summed E-state index contributed by atoms with van der Waals surface area (Å²) in [6.07, 6.45) is 4.18. The van der Waals surface area contributed by atoms with Gasteiger partial charge < -0.3 is 4.90 Å². The van der Waals surface area contributed by atoms with Gasteiger partial charge in [0.15, 0.2) is 0 Å². The molecule has 1 aliphatic rings. The van der Waals surface area contributed by atoms with Crippen LogP contribution in [0.25, 0.3) is 0 Å². The smallest absolute Gasteiger partial charge is 0.0189 e. The second-order valence-electron chi connectivity index (χ2n) is 2.78. The maximum Gasteiger partial charge on any atom is 0.0189 e. The molecule has 0 bridgehead atoms. The third kappa shape index (κ3) is 2.89. The lowest BCUT2D eigenvalue weighted by Gasteiger charge is -2.30. The van der Waals surface area contributed by atoms with Crippen LogP contribution in [0.5, 0.6) is 0 Å². The number of hydrogen-bond acceptors (Lipinski definition) is 1. The average molecular weight is 273 g/mol. The Morgan fingerprint density at radius 1 is 1.50 bits per heavy atom. The minimum atomic E-state index is 0. The van der Waals surface area contributed by atoms with Gasteiger partial charge >= 0.3 is 0 Å². The third-order valence-electron chi connectivity index (χ3n) is 2.10. The highest BCUT2D eigenvalue weighted by atomic mass is 79.9. The first-order chi connectivity index (χ1) is 4.34. The molecule has 0 spiro atoms. The zero-order valence-corrected chi connectivity index (χ0v) is 9.65. The summed E-state index contributed by atoms with van der Waals surface area (Å²) in [4.78, 5) is 2.44. The number of halogens is 2. The SMILES string of the molecule is Br.CN1CCCCC1CBr. The normalized spacial score (nSPS) is 27.6. The lowest BCUT2D eigenvalue weighted by molar-refractivity contribution is 0.205. The molecular formula is C7H15Br2N. The van der Waals surface area contributed by atoms with Crippen molar-refractivity contribution in [1.82, 2.24) is 4.90 Å². The maximum atomic E-state index is 3.51. The van der Waals surface area contributed by atoms with Gasteiger partial charge in [0.1, 0.15) is 0 Å². The fraction of sp³-hybridized carbons (Fsp3) is 1.00. The maximum absolute atomic E-state index is 3.51. The van der Waals surface area contributed by atoms with Gasteiger partial charge in [-0.3, -0.25) is 0 Å². The summed E-state index contributed by atoms with van der Waals surface area (Å²) in [6.45, 7) is 1.29. The quantitative estimate of drug-likeness (QED) is 0.663. The van der Waals surface area contributed by atoms with Gasteiger partial charge in [0, 0.05) is 11.4 Å². The third-order valence-corrected chi connectivity index (χ3v) is 2.85. The van der Waals surface area contributed by atoms with E-state index in [4.69, 9.17) is 0 Å². The second kappa shape index (κ2) is 5.56. The molecule has 0 aromatic rings. The van der Waals surface area contributed by atoms with Crippen molar-refractivity contribution in [3.63, 3.8) is 0 Å². The number of piperidine rings is 1. The van der Waals surface area contributed by atoms with Crippen molar-refractivity contribution >= 4 is 32.9 Å². The molecule has 1 nitrogen and oxygen atoms in total. The van der Waals surface area contributed by atoms with Crippen LogP contribution in [0.15, 0.2) is 0 Å². The van der Waals surface area contributed by atoms with Gasteiger partial charge in [-0.1, -0.05) is 22.4 Å². The van der Waals surface area contributed by atoms with Gasteiger partial charge in [0.25, 0.3) is 0 Å². The van der Waals surface area contributed by atoms with E-state index in [1.54, 1.807) is 0 Å². The van der Waals surface area contributed by atoms with E-state index in [0.29, 0.717) is 0 Å². The molecule has 3 heteroatoms. The van der Waals surface area contributed by atoms with Crippen LogP contribution in [0.1, 0.15) is 19.3 Å². The molecule has 0 amide bonds. The van der Waals surface area contributed by atoms with Gasteiger partial charge in [0.05, 0.1) is 0 Å². The van der Waals surface area contributed by atoms with Crippen LogP contribution in [-0.4, -0.2) is 29.9 Å². The first-order valence-corrected chi connectivity index (χ1v) is 4.73. The van der Waals surface area contributed by atoms with Crippen molar-refractivity contribution in [2.24, 2.45) is 0 Å². The van der Waals surface area contributed by atoms with Crippen LogP contribution in [-0.2, 0) is 0 Å². The second-order valence-corrected chi connectivity index (χ2v) is 3.43. The number of likely N-dealkylation sites (tertiary alicyclic amines) is 1. The number of nitrogens with zero attached hydrogens (tertiary/aromatic N) is 1. The molecule has 0 radical (unpaired) electrons. The van der Waals surface area contributed by atoms with Crippen LogP contribution in [0.3, 0.4) is 0 Å². The van der Waals surface area contributed by atoms with Gasteiger partial charge in [0.2, 0.25) is 0 Å². The van der Waals surface area contributed by atoms with Gasteiger partial charge in [-0.15, -0.1) is 17.0 Å². The predicted octanol–water partition coefficient (Wildman–Crippen LogP) is 2.44. The summed E-state index contributed by atoms with van der Waals surface area (Å²) in [5.74, 6) is 0. The molecule has 1 saturated heterocycles. The Morgan fingerprint density at radius 3 is 2.60 bits per heavy atom. The minimum Gasteiger partial charge on any atom is -0.303 e. The molecule has 0 aromatic carbocycles. The Morgan fingerprint density at radius 2 is 2.20 bits per heavy atom.